The van der Waals surface area contributed by atoms with E-state index in [1.807, 2.05) is 6.07 Å². The van der Waals surface area contributed by atoms with Gasteiger partial charge in [0.15, 0.2) is 0 Å². The molecule has 1 aromatic heterocycles. The van der Waals surface area contributed by atoms with E-state index < -0.39 is 0 Å². The molecule has 0 aliphatic rings. The molecule has 0 fully saturated rings. The molecule has 0 radical (unpaired) electrons. The van der Waals surface area contributed by atoms with Crippen LogP contribution in [0.15, 0.2) is 217 Å². The van der Waals surface area contributed by atoms with Gasteiger partial charge in [0, 0.05) is 33.1 Å². The fourth-order valence-corrected chi connectivity index (χ4v) is 7.82. The van der Waals surface area contributed by atoms with Crippen LogP contribution >= 0.6 is 0 Å². The minimum atomic E-state index is 0.910. The zero-order valence-electron chi connectivity index (χ0n) is 29.6. The molecule has 0 atom stereocenters. The van der Waals surface area contributed by atoms with Gasteiger partial charge in [-0.1, -0.05) is 170 Å². The van der Waals surface area contributed by atoms with Crippen molar-refractivity contribution in [2.75, 3.05) is 4.90 Å². The molecule has 0 spiro atoms. The number of furan rings is 1. The van der Waals surface area contributed by atoms with E-state index in [0.717, 1.165) is 50.0 Å². The van der Waals surface area contributed by atoms with Crippen molar-refractivity contribution in [1.29, 1.82) is 0 Å². The number of anilines is 3. The Labute approximate surface area is 314 Å². The van der Waals surface area contributed by atoms with Crippen LogP contribution in [0.3, 0.4) is 0 Å². The van der Waals surface area contributed by atoms with E-state index in [4.69, 9.17) is 4.42 Å². The number of para-hydroxylation sites is 2. The maximum absolute atomic E-state index is 6.41. The minimum Gasteiger partial charge on any atom is -0.455 e. The summed E-state index contributed by atoms with van der Waals surface area (Å²) >= 11 is 0. The first-order valence-corrected chi connectivity index (χ1v) is 18.4. The molecule has 0 saturated heterocycles. The zero-order valence-corrected chi connectivity index (χ0v) is 29.6. The third-order valence-corrected chi connectivity index (χ3v) is 10.5. The Morgan fingerprint density at radius 3 is 1.39 bits per heavy atom. The van der Waals surface area contributed by atoms with Crippen LogP contribution in [0.5, 0.6) is 0 Å². The van der Waals surface area contributed by atoms with E-state index >= 15 is 0 Å². The van der Waals surface area contributed by atoms with Crippen LogP contribution in [0.1, 0.15) is 0 Å². The normalized spacial score (nSPS) is 11.3. The monoisotopic (exact) mass is 689 g/mol. The third-order valence-electron chi connectivity index (χ3n) is 10.5. The minimum absolute atomic E-state index is 0.910. The Kier molecular flexibility index (Phi) is 7.85. The highest BCUT2D eigenvalue weighted by Gasteiger charge is 2.19. The summed E-state index contributed by atoms with van der Waals surface area (Å²) in [6, 6.07) is 75.8. The number of hydrogen-bond donors (Lipinski definition) is 0. The van der Waals surface area contributed by atoms with E-state index in [9.17, 15) is 0 Å². The molecule has 1 heterocycles. The van der Waals surface area contributed by atoms with Crippen LogP contribution in [0.4, 0.5) is 17.1 Å². The largest absolute Gasteiger partial charge is 0.455 e. The molecule has 0 bridgehead atoms. The second-order valence-electron chi connectivity index (χ2n) is 13.7. The Morgan fingerprint density at radius 1 is 0.296 bits per heavy atom. The van der Waals surface area contributed by atoms with Gasteiger partial charge < -0.3 is 9.32 Å². The van der Waals surface area contributed by atoms with Gasteiger partial charge in [0.2, 0.25) is 0 Å². The summed E-state index contributed by atoms with van der Waals surface area (Å²) < 4.78 is 6.41. The standard InChI is InChI=1S/C52H35NO/c1-3-13-36(14-4-1)37-23-25-38(26-24-37)39-27-31-42(32-28-39)53(50-21-11-9-17-44(50)40-15-5-2-6-16-40)43-33-29-41(30-34-43)48-35-49-46-19-10-12-22-51(46)54-52(49)47-20-8-7-18-45(47)48/h1-35H. The summed E-state index contributed by atoms with van der Waals surface area (Å²) in [6.07, 6.45) is 0. The topological polar surface area (TPSA) is 16.4 Å². The van der Waals surface area contributed by atoms with Crippen LogP contribution in [0.25, 0.3) is 77.2 Å². The molecule has 54 heavy (non-hydrogen) atoms. The highest BCUT2D eigenvalue weighted by Crippen LogP contribution is 2.44. The quantitative estimate of drug-likeness (QED) is 0.166. The highest BCUT2D eigenvalue weighted by atomic mass is 16.3. The van der Waals surface area contributed by atoms with Gasteiger partial charge in [-0.25, -0.2) is 0 Å². The summed E-state index contributed by atoms with van der Waals surface area (Å²) in [7, 11) is 0. The number of rotatable bonds is 7. The molecular formula is C52H35NO. The number of fused-ring (bicyclic) bond motifs is 5. The molecule has 0 saturated carbocycles. The third kappa shape index (κ3) is 5.62. The van der Waals surface area contributed by atoms with Crippen molar-refractivity contribution in [1.82, 2.24) is 0 Å². The summed E-state index contributed by atoms with van der Waals surface area (Å²) in [6.45, 7) is 0. The van der Waals surface area contributed by atoms with Gasteiger partial charge in [-0.3, -0.25) is 0 Å². The lowest BCUT2D eigenvalue weighted by Gasteiger charge is -2.28. The first-order chi connectivity index (χ1) is 26.8. The van der Waals surface area contributed by atoms with Crippen molar-refractivity contribution in [3.05, 3.63) is 212 Å². The van der Waals surface area contributed by atoms with Crippen molar-refractivity contribution in [3.63, 3.8) is 0 Å². The first kappa shape index (κ1) is 31.6. The van der Waals surface area contributed by atoms with Crippen LogP contribution in [0.2, 0.25) is 0 Å². The molecule has 0 aliphatic carbocycles. The smallest absolute Gasteiger partial charge is 0.143 e. The lowest BCUT2D eigenvalue weighted by atomic mass is 9.95. The molecule has 2 heteroatoms. The number of nitrogens with zero attached hydrogens (tertiary/aromatic N) is 1. The average Bonchev–Trinajstić information content (AvgIpc) is 3.64. The Hall–Kier alpha value is -7.16. The van der Waals surface area contributed by atoms with E-state index in [0.29, 0.717) is 0 Å². The van der Waals surface area contributed by atoms with Gasteiger partial charge in [0.05, 0.1) is 5.69 Å². The molecule has 10 aromatic rings. The second-order valence-corrected chi connectivity index (χ2v) is 13.7. The van der Waals surface area contributed by atoms with Crippen molar-refractivity contribution in [2.45, 2.75) is 0 Å². The van der Waals surface area contributed by atoms with Gasteiger partial charge in [0.1, 0.15) is 11.2 Å². The molecule has 10 rings (SSSR count). The molecule has 2 nitrogen and oxygen atoms in total. The van der Waals surface area contributed by atoms with Crippen LogP contribution in [-0.4, -0.2) is 0 Å². The predicted octanol–water partition coefficient (Wildman–Crippen LogP) is 14.9. The van der Waals surface area contributed by atoms with Gasteiger partial charge >= 0.3 is 0 Å². The maximum Gasteiger partial charge on any atom is 0.143 e. The molecule has 0 amide bonds. The van der Waals surface area contributed by atoms with Gasteiger partial charge in [-0.05, 0) is 86.8 Å². The number of hydrogen-bond acceptors (Lipinski definition) is 2. The van der Waals surface area contributed by atoms with Gasteiger partial charge in [-0.2, -0.15) is 0 Å². The van der Waals surface area contributed by atoms with E-state index in [1.165, 1.54) is 44.3 Å². The highest BCUT2D eigenvalue weighted by molar-refractivity contribution is 6.19. The molecule has 254 valence electrons. The number of benzene rings is 9. The van der Waals surface area contributed by atoms with Crippen molar-refractivity contribution >= 4 is 49.8 Å². The van der Waals surface area contributed by atoms with E-state index in [-0.39, 0.29) is 0 Å². The van der Waals surface area contributed by atoms with Crippen molar-refractivity contribution in [2.24, 2.45) is 0 Å². The lowest BCUT2D eigenvalue weighted by molar-refractivity contribution is 0.672. The van der Waals surface area contributed by atoms with Gasteiger partial charge in [0.25, 0.3) is 0 Å². The SMILES string of the molecule is c1ccc(-c2ccc(-c3ccc(N(c4ccc(-c5cc6c7ccccc7oc6c6ccccc56)cc4)c4ccccc4-c4ccccc4)cc3)cc2)cc1. The van der Waals surface area contributed by atoms with E-state index in [2.05, 4.69) is 211 Å². The average molecular weight is 690 g/mol. The predicted molar refractivity (Wildman–Crippen MR) is 228 cm³/mol. The van der Waals surface area contributed by atoms with Crippen LogP contribution in [-0.2, 0) is 0 Å². The summed E-state index contributed by atoms with van der Waals surface area (Å²) in [5.41, 5.74) is 14.7. The fraction of sp³-hybridized carbons (Fsp3) is 0. The molecule has 0 unspecified atom stereocenters. The first-order valence-electron chi connectivity index (χ1n) is 18.4. The Morgan fingerprint density at radius 2 is 0.741 bits per heavy atom. The molecule has 9 aromatic carbocycles. The second kappa shape index (κ2) is 13.4. The Balaban J connectivity index is 1.07. The van der Waals surface area contributed by atoms with Crippen LogP contribution < -0.4 is 4.90 Å². The molecule has 0 N–H and O–H groups in total. The van der Waals surface area contributed by atoms with Crippen LogP contribution in [0, 0.1) is 0 Å². The fourth-order valence-electron chi connectivity index (χ4n) is 7.82. The maximum atomic E-state index is 6.41. The summed E-state index contributed by atoms with van der Waals surface area (Å²) in [4.78, 5) is 2.37. The van der Waals surface area contributed by atoms with Crippen molar-refractivity contribution < 1.29 is 4.42 Å². The van der Waals surface area contributed by atoms with Gasteiger partial charge in [-0.15, -0.1) is 0 Å². The summed E-state index contributed by atoms with van der Waals surface area (Å²) in [5, 5.41) is 4.57. The van der Waals surface area contributed by atoms with Crippen molar-refractivity contribution in [3.8, 4) is 44.5 Å². The van der Waals surface area contributed by atoms with E-state index in [1.54, 1.807) is 0 Å². The molecular weight excluding hydrogens is 655 g/mol. The summed E-state index contributed by atoms with van der Waals surface area (Å²) in [5.74, 6) is 0. The molecule has 0 aliphatic heterocycles. The zero-order chi connectivity index (χ0) is 35.8. The Bertz CT molecular complexity index is 2890. The lowest BCUT2D eigenvalue weighted by Crippen LogP contribution is -2.11.